The molecule has 4 nitrogen and oxygen atoms in total. The smallest absolute Gasteiger partial charge is 0.351 e. The van der Waals surface area contributed by atoms with E-state index in [1.54, 1.807) is 0 Å². The lowest BCUT2D eigenvalue weighted by Crippen LogP contribution is -2.28. The third kappa shape index (κ3) is 8.12. The van der Waals surface area contributed by atoms with Crippen molar-refractivity contribution in [1.82, 2.24) is 0 Å². The second-order valence-corrected chi connectivity index (χ2v) is 7.76. The molecule has 140 valence electrons. The summed E-state index contributed by atoms with van der Waals surface area (Å²) in [5, 5.41) is 8.52. The Bertz CT molecular complexity index is 583. The maximum atomic E-state index is 12.1. The van der Waals surface area contributed by atoms with Crippen molar-refractivity contribution in [2.75, 3.05) is 6.61 Å². The number of carbonyl (C=O) groups excluding carboxylic acids is 1. The highest BCUT2D eigenvalue weighted by molar-refractivity contribution is 6.41. The number of halogens is 4. The molecule has 0 saturated heterocycles. The van der Waals surface area contributed by atoms with Crippen molar-refractivity contribution in [3.05, 3.63) is 27.2 Å². The number of benzene rings is 1. The highest BCUT2D eigenvalue weighted by Gasteiger charge is 2.32. The molecule has 0 saturated carbocycles. The van der Waals surface area contributed by atoms with E-state index >= 15 is 0 Å². The molecule has 0 fully saturated rings. The second-order valence-electron chi connectivity index (χ2n) is 5.78. The minimum atomic E-state index is -1.64. The van der Waals surface area contributed by atoms with Crippen LogP contribution in [0.25, 0.3) is 0 Å². The van der Waals surface area contributed by atoms with Gasteiger partial charge in [-0.1, -0.05) is 85.4 Å². The number of rotatable bonds is 10. The third-order valence-corrected chi connectivity index (χ3v) is 4.45. The van der Waals surface area contributed by atoms with Crippen molar-refractivity contribution < 1.29 is 9.53 Å². The number of hydrogen-bond donors (Lipinski definition) is 0. The summed E-state index contributed by atoms with van der Waals surface area (Å²) in [5.41, 5.74) is 0.198. The van der Waals surface area contributed by atoms with Crippen molar-refractivity contribution in [2.45, 2.75) is 57.4 Å². The Labute approximate surface area is 168 Å². The largest absolute Gasteiger partial charge is 0.463 e. The fourth-order valence-electron chi connectivity index (χ4n) is 1.99. The van der Waals surface area contributed by atoms with Gasteiger partial charge in [-0.15, -0.1) is 0 Å². The predicted molar refractivity (Wildman–Crippen MR) is 105 cm³/mol. The van der Waals surface area contributed by atoms with Crippen LogP contribution in [0.3, 0.4) is 0 Å². The maximum Gasteiger partial charge on any atom is 0.351 e. The van der Waals surface area contributed by atoms with Crippen molar-refractivity contribution in [1.29, 1.82) is 0 Å². The van der Waals surface area contributed by atoms with Gasteiger partial charge in [0.2, 0.25) is 5.00 Å². The van der Waals surface area contributed by atoms with Gasteiger partial charge in [0, 0.05) is 5.02 Å². The van der Waals surface area contributed by atoms with Gasteiger partial charge in [0.25, 0.3) is 0 Å². The Balaban J connectivity index is 2.52. The second kappa shape index (κ2) is 11.2. The van der Waals surface area contributed by atoms with E-state index in [1.807, 2.05) is 0 Å². The zero-order valence-corrected chi connectivity index (χ0v) is 17.4. The number of nitrogens with zero attached hydrogens (tertiary/aromatic N) is 2. The average Bonchev–Trinajstić information content (AvgIpc) is 2.52. The van der Waals surface area contributed by atoms with Crippen LogP contribution in [0.2, 0.25) is 15.1 Å². The Morgan fingerprint density at radius 3 is 2.24 bits per heavy atom. The predicted octanol–water partition coefficient (Wildman–Crippen LogP) is 7.59. The molecule has 0 bridgehead atoms. The lowest BCUT2D eigenvalue weighted by Gasteiger charge is -2.14. The van der Waals surface area contributed by atoms with E-state index in [0.717, 1.165) is 19.3 Å². The van der Waals surface area contributed by atoms with Crippen LogP contribution < -0.4 is 0 Å². The fraction of sp³-hybridized carbons (Fsp3) is 0.588. The monoisotopic (exact) mass is 426 g/mol. The molecular weight excluding hydrogens is 406 g/mol. The first-order valence-corrected chi connectivity index (χ1v) is 9.72. The van der Waals surface area contributed by atoms with Gasteiger partial charge < -0.3 is 4.74 Å². The molecule has 0 spiro atoms. The van der Waals surface area contributed by atoms with Gasteiger partial charge in [0.15, 0.2) is 0 Å². The molecule has 0 heterocycles. The molecule has 0 aliphatic rings. The first kappa shape index (κ1) is 22.5. The van der Waals surface area contributed by atoms with Crippen LogP contribution in [0, 0.1) is 0 Å². The molecule has 8 heteroatoms. The summed E-state index contributed by atoms with van der Waals surface area (Å²) in [4.78, 5) is 10.4. The number of unbranched alkanes of at least 4 members (excludes halogenated alkanes) is 5. The van der Waals surface area contributed by atoms with E-state index in [1.165, 1.54) is 38.3 Å². The van der Waals surface area contributed by atoms with E-state index in [2.05, 4.69) is 17.2 Å². The molecule has 1 rings (SSSR count). The lowest BCUT2D eigenvalue weighted by molar-refractivity contribution is -0.146. The zero-order chi connectivity index (χ0) is 18.9. The minimum absolute atomic E-state index is 0.198. The number of azo groups is 1. The van der Waals surface area contributed by atoms with Crippen LogP contribution in [0.15, 0.2) is 22.4 Å². The highest BCUT2D eigenvalue weighted by atomic mass is 35.5. The molecule has 1 aromatic rings. The Morgan fingerprint density at radius 2 is 1.64 bits per heavy atom. The summed E-state index contributed by atoms with van der Waals surface area (Å²) in [7, 11) is 0. The van der Waals surface area contributed by atoms with E-state index in [9.17, 15) is 4.79 Å². The summed E-state index contributed by atoms with van der Waals surface area (Å²) in [5.74, 6) is -0.660. The highest BCUT2D eigenvalue weighted by Crippen LogP contribution is 2.37. The van der Waals surface area contributed by atoms with Crippen LogP contribution in [-0.2, 0) is 9.53 Å². The van der Waals surface area contributed by atoms with Crippen LogP contribution in [0.5, 0.6) is 0 Å². The van der Waals surface area contributed by atoms with Gasteiger partial charge in [0.1, 0.15) is 5.69 Å². The molecule has 0 aliphatic carbocycles. The first-order chi connectivity index (χ1) is 11.8. The first-order valence-electron chi connectivity index (χ1n) is 8.21. The molecule has 0 aliphatic heterocycles. The third-order valence-electron chi connectivity index (χ3n) is 3.42. The van der Waals surface area contributed by atoms with E-state index in [4.69, 9.17) is 51.1 Å². The molecule has 0 N–H and O–H groups in total. The van der Waals surface area contributed by atoms with E-state index in [-0.39, 0.29) is 15.7 Å². The van der Waals surface area contributed by atoms with Gasteiger partial charge >= 0.3 is 5.97 Å². The molecule has 25 heavy (non-hydrogen) atoms. The quantitative estimate of drug-likeness (QED) is 0.127. The number of hydrogen-bond acceptors (Lipinski definition) is 4. The van der Waals surface area contributed by atoms with Gasteiger partial charge in [-0.3, -0.25) is 0 Å². The fourth-order valence-corrected chi connectivity index (χ4v) is 2.98. The number of ether oxygens (including phenoxy) is 1. The van der Waals surface area contributed by atoms with Gasteiger partial charge in [-0.2, -0.15) is 10.2 Å². The summed E-state index contributed by atoms with van der Waals surface area (Å²) in [6.45, 7) is 3.88. The van der Waals surface area contributed by atoms with E-state index in [0.29, 0.717) is 11.6 Å². The van der Waals surface area contributed by atoms with Crippen molar-refractivity contribution in [3.8, 4) is 0 Å². The van der Waals surface area contributed by atoms with Gasteiger partial charge in [0.05, 0.1) is 16.7 Å². The Hall–Kier alpha value is -0.550. The minimum Gasteiger partial charge on any atom is -0.463 e. The van der Waals surface area contributed by atoms with Crippen LogP contribution in [-0.4, -0.2) is 17.6 Å². The lowest BCUT2D eigenvalue weighted by atomic mass is 10.1. The number of esters is 1. The van der Waals surface area contributed by atoms with Crippen molar-refractivity contribution >= 4 is 58.1 Å². The maximum absolute atomic E-state index is 12.1. The number of carbonyl (C=O) groups is 1. The Morgan fingerprint density at radius 1 is 1.08 bits per heavy atom. The van der Waals surface area contributed by atoms with Crippen LogP contribution >= 0.6 is 46.4 Å². The summed E-state index contributed by atoms with van der Waals surface area (Å²) >= 11 is 24.0. The normalized spacial score (nSPS) is 13.8. The molecule has 0 amide bonds. The topological polar surface area (TPSA) is 51.0 Å². The van der Waals surface area contributed by atoms with Gasteiger partial charge in [-0.05, 0) is 25.5 Å². The average molecular weight is 428 g/mol. The summed E-state index contributed by atoms with van der Waals surface area (Å²) in [6, 6.07) is 2.96. The molecule has 0 aromatic heterocycles. The standard InChI is InChI=1S/C17H22Cl4N2O2/c1-3-4-5-6-7-8-9-25-16(24)17(2,21)23-22-15-13(19)10-12(18)11-14(15)20/h10-11H,3-9H2,1-2H3/b23-22+. The van der Waals surface area contributed by atoms with Gasteiger partial charge in [-0.25, -0.2) is 4.79 Å². The molecule has 1 atom stereocenters. The Kier molecular flexibility index (Phi) is 10.1. The molecule has 1 unspecified atom stereocenters. The van der Waals surface area contributed by atoms with E-state index < -0.39 is 11.0 Å². The molecule has 0 radical (unpaired) electrons. The van der Waals surface area contributed by atoms with Crippen molar-refractivity contribution in [2.24, 2.45) is 10.2 Å². The van der Waals surface area contributed by atoms with Crippen molar-refractivity contribution in [3.63, 3.8) is 0 Å². The van der Waals surface area contributed by atoms with Crippen LogP contribution in [0.4, 0.5) is 5.69 Å². The van der Waals surface area contributed by atoms with Crippen LogP contribution in [0.1, 0.15) is 52.4 Å². The molecular formula is C17H22Cl4N2O2. The molecule has 1 aromatic carbocycles. The number of alkyl halides is 1. The summed E-state index contributed by atoms with van der Waals surface area (Å²) < 4.78 is 5.17. The SMILES string of the molecule is CCCCCCCCOC(=O)C(C)(Cl)/N=N/c1c(Cl)cc(Cl)cc1Cl. The summed E-state index contributed by atoms with van der Waals surface area (Å²) in [6.07, 6.45) is 6.59. The zero-order valence-electron chi connectivity index (χ0n) is 14.3.